The molecule has 0 spiro atoms. The van der Waals surface area contributed by atoms with Crippen molar-refractivity contribution < 1.29 is 19.7 Å². The molecule has 1 heterocycles. The highest BCUT2D eigenvalue weighted by Crippen LogP contribution is 2.33. The smallest absolute Gasteiger partial charge is 0.340 e. The summed E-state index contributed by atoms with van der Waals surface area (Å²) in [4.78, 5) is 19.2. The second kappa shape index (κ2) is 6.18. The zero-order valence-corrected chi connectivity index (χ0v) is 11.1. The molecule has 1 aromatic rings. The highest BCUT2D eigenvalue weighted by molar-refractivity contribution is 6.09. The van der Waals surface area contributed by atoms with Crippen molar-refractivity contribution in [3.05, 3.63) is 29.7 Å². The Hall–Kier alpha value is -2.37. The SMILES string of the molecule is COc1ccc(N=CC(C(=O)O)=C(O)C2CCC2)cn1. The van der Waals surface area contributed by atoms with Crippen LogP contribution in [0.4, 0.5) is 5.69 Å². The zero-order valence-electron chi connectivity index (χ0n) is 11.1. The van der Waals surface area contributed by atoms with Crippen LogP contribution in [-0.4, -0.2) is 34.5 Å². The van der Waals surface area contributed by atoms with Crippen LogP contribution in [0.1, 0.15) is 19.3 Å². The standard InChI is InChI=1S/C14H16N2O4/c1-20-12-6-5-10(7-16-12)15-8-11(14(18)19)13(17)9-3-2-4-9/h5-9,17H,2-4H2,1H3,(H,18,19). The van der Waals surface area contributed by atoms with Crippen LogP contribution in [0.5, 0.6) is 5.88 Å². The van der Waals surface area contributed by atoms with Crippen molar-refractivity contribution >= 4 is 17.9 Å². The maximum absolute atomic E-state index is 11.2. The third kappa shape index (κ3) is 3.14. The lowest BCUT2D eigenvalue weighted by Gasteiger charge is -2.25. The van der Waals surface area contributed by atoms with E-state index >= 15 is 0 Å². The molecule has 1 aromatic heterocycles. The normalized spacial score (nSPS) is 16.6. The number of allylic oxidation sites excluding steroid dienone is 1. The second-order valence-electron chi connectivity index (χ2n) is 4.55. The molecule has 0 aliphatic heterocycles. The monoisotopic (exact) mass is 276 g/mol. The van der Waals surface area contributed by atoms with E-state index in [9.17, 15) is 9.90 Å². The molecular formula is C14H16N2O4. The van der Waals surface area contributed by atoms with E-state index < -0.39 is 5.97 Å². The molecule has 6 heteroatoms. The fourth-order valence-electron chi connectivity index (χ4n) is 1.84. The van der Waals surface area contributed by atoms with Crippen molar-refractivity contribution in [1.29, 1.82) is 0 Å². The minimum Gasteiger partial charge on any atom is -0.511 e. The van der Waals surface area contributed by atoms with Crippen molar-refractivity contribution in [2.24, 2.45) is 10.9 Å². The maximum Gasteiger partial charge on any atom is 0.340 e. The van der Waals surface area contributed by atoms with Gasteiger partial charge in [-0.15, -0.1) is 0 Å². The van der Waals surface area contributed by atoms with Crippen molar-refractivity contribution in [3.8, 4) is 5.88 Å². The number of carbonyl (C=O) groups is 1. The number of ether oxygens (including phenoxy) is 1. The van der Waals surface area contributed by atoms with Gasteiger partial charge in [0, 0.05) is 18.2 Å². The molecule has 0 amide bonds. The molecule has 2 N–H and O–H groups in total. The number of pyridine rings is 1. The van der Waals surface area contributed by atoms with Gasteiger partial charge in [-0.2, -0.15) is 0 Å². The summed E-state index contributed by atoms with van der Waals surface area (Å²) in [6.07, 6.45) is 5.29. The van der Waals surface area contributed by atoms with Gasteiger partial charge in [0.2, 0.25) is 5.88 Å². The number of rotatable bonds is 5. The van der Waals surface area contributed by atoms with Gasteiger partial charge in [0.1, 0.15) is 11.3 Å². The molecule has 0 bridgehead atoms. The number of aliphatic imine (C=N–C) groups is 1. The van der Waals surface area contributed by atoms with Gasteiger partial charge in [-0.1, -0.05) is 6.42 Å². The minimum atomic E-state index is -1.18. The quantitative estimate of drug-likeness (QED) is 0.489. The largest absolute Gasteiger partial charge is 0.511 e. The Morgan fingerprint density at radius 1 is 1.45 bits per heavy atom. The van der Waals surface area contributed by atoms with Crippen LogP contribution < -0.4 is 4.74 Å². The Kier molecular flexibility index (Phi) is 4.34. The molecule has 1 aliphatic rings. The lowest BCUT2D eigenvalue weighted by molar-refractivity contribution is -0.132. The molecule has 20 heavy (non-hydrogen) atoms. The van der Waals surface area contributed by atoms with Gasteiger partial charge in [0.15, 0.2) is 0 Å². The molecule has 106 valence electrons. The van der Waals surface area contributed by atoms with E-state index in [1.54, 1.807) is 12.1 Å². The first-order valence-electron chi connectivity index (χ1n) is 6.32. The Morgan fingerprint density at radius 3 is 2.65 bits per heavy atom. The summed E-state index contributed by atoms with van der Waals surface area (Å²) < 4.78 is 4.92. The van der Waals surface area contributed by atoms with Gasteiger partial charge >= 0.3 is 5.97 Å². The van der Waals surface area contributed by atoms with E-state index in [1.807, 2.05) is 0 Å². The van der Waals surface area contributed by atoms with E-state index in [4.69, 9.17) is 9.84 Å². The van der Waals surface area contributed by atoms with E-state index in [1.165, 1.54) is 19.5 Å². The summed E-state index contributed by atoms with van der Waals surface area (Å²) >= 11 is 0. The van der Waals surface area contributed by atoms with E-state index in [0.29, 0.717) is 11.6 Å². The summed E-state index contributed by atoms with van der Waals surface area (Å²) in [7, 11) is 1.51. The molecule has 1 fully saturated rings. The molecule has 0 saturated heterocycles. The van der Waals surface area contributed by atoms with E-state index in [2.05, 4.69) is 9.98 Å². The van der Waals surface area contributed by atoms with E-state index in [-0.39, 0.29) is 17.3 Å². The first-order chi connectivity index (χ1) is 9.61. The van der Waals surface area contributed by atoms with Crippen molar-refractivity contribution in [1.82, 2.24) is 4.98 Å². The number of aliphatic carboxylic acids is 1. The fourth-order valence-corrected chi connectivity index (χ4v) is 1.84. The molecule has 0 radical (unpaired) electrons. The predicted molar refractivity (Wildman–Crippen MR) is 73.6 cm³/mol. The number of carboxylic acid groups (broad SMARTS) is 1. The molecule has 0 atom stereocenters. The van der Waals surface area contributed by atoms with Crippen LogP contribution in [0.25, 0.3) is 0 Å². The van der Waals surface area contributed by atoms with Gasteiger partial charge < -0.3 is 14.9 Å². The Labute approximate surface area is 116 Å². The molecule has 6 nitrogen and oxygen atoms in total. The molecule has 1 saturated carbocycles. The second-order valence-corrected chi connectivity index (χ2v) is 4.55. The summed E-state index contributed by atoms with van der Waals surface area (Å²) in [5.74, 6) is -0.870. The lowest BCUT2D eigenvalue weighted by atomic mass is 9.82. The number of methoxy groups -OCH3 is 1. The summed E-state index contributed by atoms with van der Waals surface area (Å²) in [5.41, 5.74) is 0.330. The molecular weight excluding hydrogens is 260 g/mol. The topological polar surface area (TPSA) is 92.0 Å². The Balaban J connectivity index is 2.18. The van der Waals surface area contributed by atoms with Crippen LogP contribution in [0.2, 0.25) is 0 Å². The Morgan fingerprint density at radius 2 is 2.20 bits per heavy atom. The third-order valence-electron chi connectivity index (χ3n) is 3.27. The van der Waals surface area contributed by atoms with Gasteiger partial charge in [-0.3, -0.25) is 4.99 Å². The van der Waals surface area contributed by atoms with Gasteiger partial charge in [0.25, 0.3) is 0 Å². The highest BCUT2D eigenvalue weighted by atomic mass is 16.5. The van der Waals surface area contributed by atoms with E-state index in [0.717, 1.165) is 19.3 Å². The zero-order chi connectivity index (χ0) is 14.5. The minimum absolute atomic E-state index is 0.0541. The number of carboxylic acids is 1. The van der Waals surface area contributed by atoms with Crippen molar-refractivity contribution in [3.63, 3.8) is 0 Å². The van der Waals surface area contributed by atoms with Crippen molar-refractivity contribution in [2.45, 2.75) is 19.3 Å². The number of hydrogen-bond donors (Lipinski definition) is 2. The molecule has 0 aromatic carbocycles. The maximum atomic E-state index is 11.2. The highest BCUT2D eigenvalue weighted by Gasteiger charge is 2.26. The summed E-state index contributed by atoms with van der Waals surface area (Å²) in [5, 5.41) is 19.1. The van der Waals surface area contributed by atoms with Gasteiger partial charge in [-0.05, 0) is 18.9 Å². The average molecular weight is 276 g/mol. The fraction of sp³-hybridized carbons (Fsp3) is 0.357. The van der Waals surface area contributed by atoms with Crippen LogP contribution in [0.15, 0.2) is 34.7 Å². The first kappa shape index (κ1) is 14.0. The summed E-state index contributed by atoms with van der Waals surface area (Å²) in [6.45, 7) is 0. The average Bonchev–Trinajstić information content (AvgIpc) is 2.37. The number of nitrogens with zero attached hydrogens (tertiary/aromatic N) is 2. The molecule has 1 aliphatic carbocycles. The third-order valence-corrected chi connectivity index (χ3v) is 3.27. The van der Waals surface area contributed by atoms with Gasteiger partial charge in [0.05, 0.1) is 19.0 Å². The van der Waals surface area contributed by atoms with Crippen LogP contribution >= 0.6 is 0 Å². The van der Waals surface area contributed by atoms with Crippen molar-refractivity contribution in [2.75, 3.05) is 7.11 Å². The van der Waals surface area contributed by atoms with Gasteiger partial charge in [-0.25, -0.2) is 9.78 Å². The number of aliphatic hydroxyl groups is 1. The molecule has 0 unspecified atom stereocenters. The predicted octanol–water partition coefficient (Wildman–Crippen LogP) is 2.49. The lowest BCUT2D eigenvalue weighted by Crippen LogP contribution is -2.18. The van der Waals surface area contributed by atoms with Crippen LogP contribution in [0, 0.1) is 5.92 Å². The van der Waals surface area contributed by atoms with Crippen LogP contribution in [-0.2, 0) is 4.79 Å². The number of aliphatic hydroxyl groups excluding tert-OH is 1. The Bertz CT molecular complexity index is 545. The van der Waals surface area contributed by atoms with Crippen LogP contribution in [0.3, 0.4) is 0 Å². The first-order valence-corrected chi connectivity index (χ1v) is 6.32. The molecule has 2 rings (SSSR count). The number of hydrogen-bond acceptors (Lipinski definition) is 5. The number of aromatic nitrogens is 1. The summed E-state index contributed by atoms with van der Waals surface area (Å²) in [6, 6.07) is 3.28.